The number of hydrogen-bond donors (Lipinski definition) is 1. The molecule has 1 atom stereocenters. The molecule has 0 saturated heterocycles. The Kier molecular flexibility index (Phi) is 7.88. The minimum Gasteiger partial charge on any atom is -0.493 e. The van der Waals surface area contributed by atoms with Crippen LogP contribution in [-0.2, 0) is 6.54 Å². The first-order chi connectivity index (χ1) is 18.2. The average Bonchev–Trinajstić information content (AvgIpc) is 2.91. The summed E-state index contributed by atoms with van der Waals surface area (Å²) < 4.78 is 1.18. The van der Waals surface area contributed by atoms with E-state index >= 15 is 0 Å². The van der Waals surface area contributed by atoms with Crippen LogP contribution in [0, 0.1) is 24.2 Å². The quantitative estimate of drug-likeness (QED) is 0.251. The van der Waals surface area contributed by atoms with E-state index in [0.717, 1.165) is 25.7 Å². The van der Waals surface area contributed by atoms with Gasteiger partial charge in [0.2, 0.25) is 5.88 Å². The molecular formula is C29H27ClN4O4. The number of nitriles is 1. The molecule has 0 aliphatic heterocycles. The highest BCUT2D eigenvalue weighted by molar-refractivity contribution is 6.39. The molecule has 9 heteroatoms. The van der Waals surface area contributed by atoms with Crippen LogP contribution >= 0.6 is 11.6 Å². The van der Waals surface area contributed by atoms with Gasteiger partial charge < -0.3 is 5.11 Å². The van der Waals surface area contributed by atoms with E-state index in [1.54, 1.807) is 18.2 Å². The van der Waals surface area contributed by atoms with E-state index < -0.39 is 17.2 Å². The number of ketones is 2. The second-order valence-electron chi connectivity index (χ2n) is 9.34. The Hall–Kier alpha value is -4.09. The summed E-state index contributed by atoms with van der Waals surface area (Å²) in [7, 11) is 0. The molecule has 0 saturated carbocycles. The molecule has 3 aromatic rings. The lowest BCUT2D eigenvalue weighted by molar-refractivity contribution is 0.0979. The molecule has 0 bridgehead atoms. The molecule has 194 valence electrons. The Labute approximate surface area is 225 Å². The molecule has 1 unspecified atom stereocenters. The summed E-state index contributed by atoms with van der Waals surface area (Å²) in [5.41, 5.74) is 0.0372. The van der Waals surface area contributed by atoms with E-state index in [2.05, 4.69) is 17.2 Å². The van der Waals surface area contributed by atoms with Gasteiger partial charge in [-0.1, -0.05) is 69.0 Å². The van der Waals surface area contributed by atoms with Gasteiger partial charge in [0.05, 0.1) is 21.8 Å². The summed E-state index contributed by atoms with van der Waals surface area (Å²) in [5.74, 6) is -1.09. The topological polar surface area (TPSA) is 125 Å². The molecule has 4 rings (SSSR count). The van der Waals surface area contributed by atoms with Crippen molar-refractivity contribution >= 4 is 34.5 Å². The first kappa shape index (κ1) is 27.0. The lowest BCUT2D eigenvalue weighted by Crippen LogP contribution is -2.25. The van der Waals surface area contributed by atoms with Gasteiger partial charge in [0.25, 0.3) is 5.56 Å². The van der Waals surface area contributed by atoms with Crippen LogP contribution in [0.2, 0.25) is 5.02 Å². The molecule has 2 aromatic carbocycles. The predicted octanol–water partition coefficient (Wildman–Crippen LogP) is 6.79. The predicted molar refractivity (Wildman–Crippen MR) is 144 cm³/mol. The smallest absolute Gasteiger partial charge is 0.281 e. The second-order valence-corrected chi connectivity index (χ2v) is 9.74. The standard InChI is InChI=1S/C29H27ClN4O4/c1-4-6-9-17(5-2)15-34-28(37)20(14-31)16(3)25(29(34)38)33-32-22-13-8-11-19-24(22)27(36)23-18(26(19)35)10-7-12-21(23)30/h7-8,10-13,17,37H,4-6,9,15H2,1-3H3. The second kappa shape index (κ2) is 11.1. The largest absolute Gasteiger partial charge is 0.493 e. The number of azo groups is 1. The first-order valence-corrected chi connectivity index (χ1v) is 12.9. The highest BCUT2D eigenvalue weighted by atomic mass is 35.5. The van der Waals surface area contributed by atoms with E-state index in [4.69, 9.17) is 11.6 Å². The van der Waals surface area contributed by atoms with Crippen LogP contribution in [0.5, 0.6) is 5.88 Å². The number of nitrogens with zero attached hydrogens (tertiary/aromatic N) is 4. The molecule has 38 heavy (non-hydrogen) atoms. The lowest BCUT2D eigenvalue weighted by atomic mass is 9.83. The van der Waals surface area contributed by atoms with Crippen molar-refractivity contribution in [3.8, 4) is 11.9 Å². The van der Waals surface area contributed by atoms with E-state index in [1.165, 1.54) is 29.7 Å². The third-order valence-electron chi connectivity index (χ3n) is 7.01. The van der Waals surface area contributed by atoms with E-state index in [9.17, 15) is 24.8 Å². The zero-order valence-electron chi connectivity index (χ0n) is 21.4. The van der Waals surface area contributed by atoms with Gasteiger partial charge in [-0.2, -0.15) is 5.26 Å². The molecule has 0 spiro atoms. The van der Waals surface area contributed by atoms with Gasteiger partial charge in [0.1, 0.15) is 11.6 Å². The fourth-order valence-corrected chi connectivity index (χ4v) is 5.03. The normalized spacial score (nSPS) is 13.3. The average molecular weight is 531 g/mol. The van der Waals surface area contributed by atoms with E-state index in [0.29, 0.717) is 0 Å². The molecule has 1 heterocycles. The summed E-state index contributed by atoms with van der Waals surface area (Å²) in [6.07, 6.45) is 3.67. The monoisotopic (exact) mass is 530 g/mol. The summed E-state index contributed by atoms with van der Waals surface area (Å²) >= 11 is 6.26. The Bertz CT molecular complexity index is 1580. The number of pyridine rings is 1. The Morgan fingerprint density at radius 1 is 1.03 bits per heavy atom. The van der Waals surface area contributed by atoms with Gasteiger partial charge in [0, 0.05) is 23.2 Å². The zero-order valence-corrected chi connectivity index (χ0v) is 22.2. The van der Waals surface area contributed by atoms with Crippen LogP contribution in [0.1, 0.15) is 82.5 Å². The van der Waals surface area contributed by atoms with Gasteiger partial charge in [-0.15, -0.1) is 10.2 Å². The number of fused-ring (bicyclic) bond motifs is 2. The highest BCUT2D eigenvalue weighted by Crippen LogP contribution is 2.37. The van der Waals surface area contributed by atoms with Crippen molar-refractivity contribution in [2.75, 3.05) is 0 Å². The molecule has 0 fully saturated rings. The van der Waals surface area contributed by atoms with Crippen LogP contribution in [0.3, 0.4) is 0 Å². The van der Waals surface area contributed by atoms with Crippen molar-refractivity contribution in [3.63, 3.8) is 0 Å². The lowest BCUT2D eigenvalue weighted by Gasteiger charge is -2.19. The number of aromatic hydroxyl groups is 1. The third kappa shape index (κ3) is 4.66. The van der Waals surface area contributed by atoms with Gasteiger partial charge in [-0.3, -0.25) is 19.0 Å². The summed E-state index contributed by atoms with van der Waals surface area (Å²) in [4.78, 5) is 40.0. The number of carbonyl (C=O) groups excluding carboxylic acids is 2. The number of rotatable bonds is 8. The molecule has 1 aliphatic rings. The van der Waals surface area contributed by atoms with E-state index in [-0.39, 0.29) is 68.0 Å². The minimum absolute atomic E-state index is 0.0460. The van der Waals surface area contributed by atoms with Crippen LogP contribution < -0.4 is 5.56 Å². The van der Waals surface area contributed by atoms with Gasteiger partial charge >= 0.3 is 0 Å². The van der Waals surface area contributed by atoms with Gasteiger partial charge in [-0.05, 0) is 31.4 Å². The number of aromatic nitrogens is 1. The molecule has 1 aromatic heterocycles. The van der Waals surface area contributed by atoms with Crippen molar-refractivity contribution in [3.05, 3.63) is 85.2 Å². The summed E-state index contributed by atoms with van der Waals surface area (Å²) in [5, 5.41) is 29.0. The number of halogens is 1. The molecule has 1 N–H and O–H groups in total. The molecule has 0 radical (unpaired) electrons. The van der Waals surface area contributed by atoms with Crippen LogP contribution in [0.15, 0.2) is 51.4 Å². The van der Waals surface area contributed by atoms with Crippen molar-refractivity contribution in [1.82, 2.24) is 4.57 Å². The van der Waals surface area contributed by atoms with Crippen LogP contribution in [-0.4, -0.2) is 21.2 Å². The zero-order chi connectivity index (χ0) is 27.6. The minimum atomic E-state index is -0.585. The maximum absolute atomic E-state index is 13.4. The van der Waals surface area contributed by atoms with Crippen molar-refractivity contribution < 1.29 is 14.7 Å². The number of hydrogen-bond acceptors (Lipinski definition) is 7. The molecule has 1 aliphatic carbocycles. The van der Waals surface area contributed by atoms with Crippen molar-refractivity contribution in [1.29, 1.82) is 5.26 Å². The SMILES string of the molecule is CCCCC(CC)Cn1c(O)c(C#N)c(C)c(N=Nc2cccc3c2C(=O)c2c(Cl)cccc2C3=O)c1=O. The first-order valence-electron chi connectivity index (χ1n) is 12.5. The maximum atomic E-state index is 13.4. The fraction of sp³-hybridized carbons (Fsp3) is 0.310. The highest BCUT2D eigenvalue weighted by Gasteiger charge is 2.33. The molecular weight excluding hydrogens is 504 g/mol. The maximum Gasteiger partial charge on any atom is 0.281 e. The van der Waals surface area contributed by atoms with Crippen LogP contribution in [0.25, 0.3) is 0 Å². The third-order valence-corrected chi connectivity index (χ3v) is 7.33. The Morgan fingerprint density at radius 2 is 1.71 bits per heavy atom. The van der Waals surface area contributed by atoms with Gasteiger partial charge in [0.15, 0.2) is 17.3 Å². The number of unbranched alkanes of at least 4 members (excludes halogenated alkanes) is 1. The summed E-state index contributed by atoms with van der Waals surface area (Å²) in [6.45, 7) is 5.85. The molecule has 8 nitrogen and oxygen atoms in total. The number of benzene rings is 2. The molecule has 0 amide bonds. The number of carbonyl (C=O) groups is 2. The van der Waals surface area contributed by atoms with Crippen molar-refractivity contribution in [2.24, 2.45) is 16.1 Å². The van der Waals surface area contributed by atoms with Crippen LogP contribution in [0.4, 0.5) is 11.4 Å². The Balaban J connectivity index is 1.82. The summed E-state index contributed by atoms with van der Waals surface area (Å²) in [6, 6.07) is 11.3. The fourth-order valence-electron chi connectivity index (χ4n) is 4.77. The Morgan fingerprint density at radius 3 is 2.37 bits per heavy atom. The van der Waals surface area contributed by atoms with Gasteiger partial charge in [-0.25, -0.2) is 0 Å². The van der Waals surface area contributed by atoms with Crippen molar-refractivity contribution in [2.45, 2.75) is 53.0 Å². The van der Waals surface area contributed by atoms with E-state index in [1.807, 2.05) is 13.0 Å².